The van der Waals surface area contributed by atoms with Gasteiger partial charge in [-0.1, -0.05) is 54.6 Å². The maximum absolute atomic E-state index is 13.2. The summed E-state index contributed by atoms with van der Waals surface area (Å²) in [6, 6.07) is 26.4. The number of nitrogens with zero attached hydrogens (tertiary/aromatic N) is 2. The van der Waals surface area contributed by atoms with Crippen molar-refractivity contribution in [1.29, 1.82) is 0 Å². The van der Waals surface area contributed by atoms with E-state index in [0.717, 1.165) is 0 Å². The highest BCUT2D eigenvalue weighted by atomic mass is 32.2. The first-order valence-corrected chi connectivity index (χ1v) is 9.63. The summed E-state index contributed by atoms with van der Waals surface area (Å²) in [7, 11) is 0. The fraction of sp³-hybridized carbons (Fsp3) is 0.0476. The lowest BCUT2D eigenvalue weighted by Gasteiger charge is -2.26. The van der Waals surface area contributed by atoms with Gasteiger partial charge in [-0.05, 0) is 36.4 Å². The van der Waals surface area contributed by atoms with E-state index in [0.29, 0.717) is 16.3 Å². The zero-order valence-corrected chi connectivity index (χ0v) is 15.1. The van der Waals surface area contributed by atoms with Crippen LogP contribution < -0.4 is 10.0 Å². The first-order valence-electron chi connectivity index (χ1n) is 8.42. The summed E-state index contributed by atoms with van der Waals surface area (Å²) in [6.07, 6.45) is 0. The Morgan fingerprint density at radius 1 is 0.630 bits per heavy atom. The smallest absolute Gasteiger partial charge is 0.309 e. The molecule has 6 heteroatoms. The van der Waals surface area contributed by atoms with Gasteiger partial charge in [-0.15, -0.1) is 0 Å². The van der Waals surface area contributed by atoms with Crippen LogP contribution in [0.3, 0.4) is 0 Å². The normalized spacial score (nSPS) is 16.0. The van der Waals surface area contributed by atoms with Gasteiger partial charge in [-0.2, -0.15) is 0 Å². The number of anilines is 2. The minimum atomic E-state index is -1.79. The molecule has 1 aliphatic heterocycles. The van der Waals surface area contributed by atoms with Gasteiger partial charge in [0, 0.05) is 11.2 Å². The van der Waals surface area contributed by atoms with E-state index >= 15 is 0 Å². The number of hydrogen-bond acceptors (Lipinski definition) is 3. The summed E-state index contributed by atoms with van der Waals surface area (Å²) >= 11 is -1.79. The van der Waals surface area contributed by atoms with Crippen LogP contribution in [0.4, 0.5) is 11.4 Å². The van der Waals surface area contributed by atoms with Crippen LogP contribution in [0, 0.1) is 0 Å². The standard InChI is InChI=1S/C21H16N2O3S/c24-20-19(27(26)18-14-8-3-9-15-18)21(25)23(17-12-6-2-7-13-17)22(20)16-10-4-1-5-11-16/h1-15,19H. The molecule has 3 aromatic rings. The van der Waals surface area contributed by atoms with Crippen LogP contribution in [0.15, 0.2) is 95.9 Å². The van der Waals surface area contributed by atoms with E-state index in [1.54, 1.807) is 78.9 Å². The largest absolute Gasteiger partial charge is 0.610 e. The second-order valence-electron chi connectivity index (χ2n) is 5.96. The maximum atomic E-state index is 13.2. The quantitative estimate of drug-likeness (QED) is 0.519. The fourth-order valence-corrected chi connectivity index (χ4v) is 4.29. The van der Waals surface area contributed by atoms with Crippen LogP contribution in [-0.2, 0) is 20.8 Å². The van der Waals surface area contributed by atoms with E-state index in [-0.39, 0.29) is 0 Å². The Labute approximate surface area is 160 Å². The Morgan fingerprint density at radius 3 is 1.41 bits per heavy atom. The molecule has 0 bridgehead atoms. The lowest BCUT2D eigenvalue weighted by Crippen LogP contribution is -2.41. The lowest BCUT2D eigenvalue weighted by atomic mass is 10.3. The van der Waals surface area contributed by atoms with Crippen LogP contribution in [0.1, 0.15) is 0 Å². The van der Waals surface area contributed by atoms with Crippen molar-refractivity contribution in [3.05, 3.63) is 91.0 Å². The molecule has 2 amide bonds. The molecule has 3 aromatic carbocycles. The monoisotopic (exact) mass is 376 g/mol. The van der Waals surface area contributed by atoms with E-state index < -0.39 is 28.2 Å². The summed E-state index contributed by atoms with van der Waals surface area (Å²) in [6.45, 7) is 0. The van der Waals surface area contributed by atoms with Gasteiger partial charge in [-0.25, -0.2) is 10.0 Å². The molecule has 0 saturated carbocycles. The van der Waals surface area contributed by atoms with Gasteiger partial charge in [0.1, 0.15) is 0 Å². The minimum Gasteiger partial charge on any atom is -0.610 e. The minimum absolute atomic E-state index is 0.451. The van der Waals surface area contributed by atoms with Gasteiger partial charge in [0.25, 0.3) is 5.25 Å². The summed E-state index contributed by atoms with van der Waals surface area (Å²) in [5, 5.41) is 1.33. The maximum Gasteiger partial charge on any atom is 0.309 e. The third kappa shape index (κ3) is 3.09. The third-order valence-corrected chi connectivity index (χ3v) is 5.83. The first-order chi connectivity index (χ1) is 13.2. The van der Waals surface area contributed by atoms with Gasteiger partial charge < -0.3 is 4.55 Å². The van der Waals surface area contributed by atoms with Crippen molar-refractivity contribution in [2.45, 2.75) is 10.1 Å². The molecule has 27 heavy (non-hydrogen) atoms. The van der Waals surface area contributed by atoms with Crippen LogP contribution in [0.5, 0.6) is 0 Å². The second-order valence-corrected chi connectivity index (χ2v) is 7.50. The predicted molar refractivity (Wildman–Crippen MR) is 104 cm³/mol. The predicted octanol–water partition coefficient (Wildman–Crippen LogP) is 3.16. The average Bonchev–Trinajstić information content (AvgIpc) is 2.99. The van der Waals surface area contributed by atoms with E-state index in [1.807, 2.05) is 12.1 Å². The van der Waals surface area contributed by atoms with E-state index in [1.165, 1.54) is 10.0 Å². The topological polar surface area (TPSA) is 63.7 Å². The molecule has 5 nitrogen and oxygen atoms in total. The molecule has 1 fully saturated rings. The van der Waals surface area contributed by atoms with Crippen molar-refractivity contribution in [2.75, 3.05) is 10.0 Å². The molecule has 134 valence electrons. The number of hydrazine groups is 1. The van der Waals surface area contributed by atoms with Crippen LogP contribution in [0.25, 0.3) is 0 Å². The molecule has 0 radical (unpaired) electrons. The van der Waals surface area contributed by atoms with Crippen molar-refractivity contribution < 1.29 is 14.1 Å². The van der Waals surface area contributed by atoms with Gasteiger partial charge in [0.05, 0.1) is 11.4 Å². The molecular weight excluding hydrogens is 360 g/mol. The number of hydrogen-bond donors (Lipinski definition) is 0. The van der Waals surface area contributed by atoms with Crippen molar-refractivity contribution in [3.8, 4) is 0 Å². The summed E-state index contributed by atoms with van der Waals surface area (Å²) in [5.41, 5.74) is 1.10. The summed E-state index contributed by atoms with van der Waals surface area (Å²) < 4.78 is 13.0. The van der Waals surface area contributed by atoms with Crippen molar-refractivity contribution in [1.82, 2.24) is 0 Å². The lowest BCUT2D eigenvalue weighted by molar-refractivity contribution is -0.121. The molecule has 1 saturated heterocycles. The zero-order valence-electron chi connectivity index (χ0n) is 14.3. The molecule has 0 aliphatic carbocycles. The molecular formula is C21H16N2O3S. The molecule has 4 rings (SSSR count). The molecule has 0 aromatic heterocycles. The van der Waals surface area contributed by atoms with Crippen LogP contribution in [-0.4, -0.2) is 21.6 Å². The molecule has 1 heterocycles. The zero-order chi connectivity index (χ0) is 18.8. The molecule has 1 unspecified atom stereocenters. The highest BCUT2D eigenvalue weighted by Gasteiger charge is 2.54. The number of benzene rings is 3. The van der Waals surface area contributed by atoms with Gasteiger partial charge in [0.2, 0.25) is 0 Å². The van der Waals surface area contributed by atoms with Gasteiger partial charge in [-0.3, -0.25) is 9.59 Å². The van der Waals surface area contributed by atoms with E-state index in [4.69, 9.17) is 0 Å². The van der Waals surface area contributed by atoms with Crippen molar-refractivity contribution in [3.63, 3.8) is 0 Å². The highest BCUT2D eigenvalue weighted by molar-refractivity contribution is 7.93. The summed E-state index contributed by atoms with van der Waals surface area (Å²) in [5.74, 6) is -1.01. The average molecular weight is 376 g/mol. The Bertz CT molecular complexity index is 893. The van der Waals surface area contributed by atoms with Crippen molar-refractivity contribution >= 4 is 34.4 Å². The van der Waals surface area contributed by atoms with Crippen molar-refractivity contribution in [2.24, 2.45) is 0 Å². The van der Waals surface area contributed by atoms with Gasteiger partial charge in [0.15, 0.2) is 4.90 Å². The molecule has 1 aliphatic rings. The Kier molecular flexibility index (Phi) is 4.66. The third-order valence-electron chi connectivity index (χ3n) is 4.26. The Balaban J connectivity index is 1.79. The second kappa shape index (κ2) is 7.26. The fourth-order valence-electron chi connectivity index (χ4n) is 3.02. The molecule has 0 spiro atoms. The summed E-state index contributed by atoms with van der Waals surface area (Å²) in [4.78, 5) is 26.8. The van der Waals surface area contributed by atoms with E-state index in [9.17, 15) is 14.1 Å². The first kappa shape index (κ1) is 17.3. The highest BCUT2D eigenvalue weighted by Crippen LogP contribution is 2.33. The SMILES string of the molecule is O=C1C([S+]([O-])c2ccccc2)C(=O)N(c2ccccc2)N1c1ccccc1. The van der Waals surface area contributed by atoms with Crippen LogP contribution in [0.2, 0.25) is 0 Å². The van der Waals surface area contributed by atoms with Crippen LogP contribution >= 0.6 is 0 Å². The Morgan fingerprint density at radius 2 is 1.00 bits per heavy atom. The number of rotatable bonds is 4. The number of carbonyl (C=O) groups excluding carboxylic acids is 2. The number of para-hydroxylation sites is 2. The number of amides is 2. The van der Waals surface area contributed by atoms with Gasteiger partial charge >= 0.3 is 11.8 Å². The van der Waals surface area contributed by atoms with E-state index in [2.05, 4.69) is 0 Å². The number of carbonyl (C=O) groups is 2. The molecule has 0 N–H and O–H groups in total. The molecule has 1 atom stereocenters. The Hall–Kier alpha value is -3.09.